The quantitative estimate of drug-likeness (QED) is 0.684. The molecule has 0 N–H and O–H groups in total. The van der Waals surface area contributed by atoms with E-state index < -0.39 is 0 Å². The predicted octanol–water partition coefficient (Wildman–Crippen LogP) is 2.99. The van der Waals surface area contributed by atoms with Crippen LogP contribution in [0.1, 0.15) is 6.42 Å². The molecule has 1 saturated heterocycles. The Morgan fingerprint density at radius 2 is 1.80 bits per heavy atom. The maximum Gasteiger partial charge on any atom is 0.147 e. The van der Waals surface area contributed by atoms with Gasteiger partial charge in [-0.1, -0.05) is 24.3 Å². The molecule has 0 aromatic carbocycles. The van der Waals surface area contributed by atoms with Crippen LogP contribution in [0.5, 0.6) is 0 Å². The van der Waals surface area contributed by atoms with Gasteiger partial charge in [0.1, 0.15) is 5.78 Å². The van der Waals surface area contributed by atoms with Crippen LogP contribution in [-0.4, -0.2) is 21.4 Å². The second-order valence-electron chi connectivity index (χ2n) is 7.85. The number of thioether (sulfide) groups is 2. The van der Waals surface area contributed by atoms with Crippen LogP contribution in [-0.2, 0) is 4.79 Å². The van der Waals surface area contributed by atoms with Gasteiger partial charge in [0.2, 0.25) is 0 Å². The van der Waals surface area contributed by atoms with Crippen LogP contribution < -0.4 is 0 Å². The zero-order valence-corrected chi connectivity index (χ0v) is 12.8. The molecule has 8 atom stereocenters. The SMILES string of the molecule is O=C1[C@@H]2[C@H]3C[C@H]4[C@H]2C2(SCCS2)[C@]25C=CC=C[C@]12[C@@H]3[C@@H]45. The van der Waals surface area contributed by atoms with Crippen molar-refractivity contribution in [3.8, 4) is 0 Å². The summed E-state index contributed by atoms with van der Waals surface area (Å²) in [5, 5.41) is 0. The van der Waals surface area contributed by atoms with Gasteiger partial charge in [0.05, 0.1) is 9.49 Å². The Balaban J connectivity index is 1.66. The summed E-state index contributed by atoms with van der Waals surface area (Å²) in [6.07, 6.45) is 10.7. The van der Waals surface area contributed by atoms with Gasteiger partial charge in [0.25, 0.3) is 0 Å². The molecule has 0 radical (unpaired) electrons. The highest BCUT2D eigenvalue weighted by atomic mass is 32.2. The molecule has 102 valence electrons. The number of carbonyl (C=O) groups excluding carboxylic acids is 1. The highest BCUT2D eigenvalue weighted by molar-refractivity contribution is 8.21. The van der Waals surface area contributed by atoms with E-state index in [9.17, 15) is 4.79 Å². The lowest BCUT2D eigenvalue weighted by atomic mass is 9.38. The molecule has 1 nitrogen and oxygen atoms in total. The van der Waals surface area contributed by atoms with E-state index >= 15 is 0 Å². The number of hydrogen-bond donors (Lipinski definition) is 0. The fourth-order valence-electron chi connectivity index (χ4n) is 8.40. The van der Waals surface area contributed by atoms with Crippen molar-refractivity contribution in [3.05, 3.63) is 24.3 Å². The first-order valence-electron chi connectivity index (χ1n) is 7.99. The van der Waals surface area contributed by atoms with Crippen LogP contribution in [0.4, 0.5) is 0 Å². The van der Waals surface area contributed by atoms with Crippen LogP contribution in [0.15, 0.2) is 24.3 Å². The summed E-state index contributed by atoms with van der Waals surface area (Å²) in [6, 6.07) is 0. The molecular weight excluding hydrogens is 284 g/mol. The first kappa shape index (κ1) is 10.6. The summed E-state index contributed by atoms with van der Waals surface area (Å²) in [7, 11) is 0. The molecular formula is C17H16OS2. The minimum absolute atomic E-state index is 0.0617. The van der Waals surface area contributed by atoms with Crippen LogP contribution in [0.25, 0.3) is 0 Å². The number of carbonyl (C=O) groups is 1. The molecule has 1 heterocycles. The van der Waals surface area contributed by atoms with E-state index in [1.165, 1.54) is 17.9 Å². The summed E-state index contributed by atoms with van der Waals surface area (Å²) in [6.45, 7) is 0. The van der Waals surface area contributed by atoms with Gasteiger partial charge in [-0.15, -0.1) is 23.5 Å². The Labute approximate surface area is 127 Å². The van der Waals surface area contributed by atoms with Gasteiger partial charge in [-0.05, 0) is 36.0 Å². The maximum atomic E-state index is 13.3. The minimum Gasteiger partial charge on any atom is -0.298 e. The predicted molar refractivity (Wildman–Crippen MR) is 81.4 cm³/mol. The van der Waals surface area contributed by atoms with Gasteiger partial charge in [-0.3, -0.25) is 4.79 Å². The second kappa shape index (κ2) is 2.62. The molecule has 0 aromatic rings. The largest absolute Gasteiger partial charge is 0.298 e. The van der Waals surface area contributed by atoms with Crippen LogP contribution in [0, 0.1) is 46.3 Å². The number of hydrogen-bond acceptors (Lipinski definition) is 3. The van der Waals surface area contributed by atoms with Crippen molar-refractivity contribution in [3.63, 3.8) is 0 Å². The molecule has 7 rings (SSSR count). The number of Topliss-reactive ketones (excluding diaryl/α,β-unsaturated/α-hetero) is 1. The van der Waals surface area contributed by atoms with Crippen molar-refractivity contribution in [1.82, 2.24) is 0 Å². The van der Waals surface area contributed by atoms with Crippen LogP contribution in [0.3, 0.4) is 0 Å². The molecule has 7 aliphatic rings. The van der Waals surface area contributed by atoms with E-state index in [1.54, 1.807) is 0 Å². The van der Waals surface area contributed by atoms with Gasteiger partial charge in [-0.25, -0.2) is 0 Å². The molecule has 20 heavy (non-hydrogen) atoms. The van der Waals surface area contributed by atoms with Crippen LogP contribution >= 0.6 is 23.5 Å². The van der Waals surface area contributed by atoms with E-state index in [-0.39, 0.29) is 10.8 Å². The number of ketones is 1. The summed E-state index contributed by atoms with van der Waals surface area (Å²) >= 11 is 4.48. The highest BCUT2D eigenvalue weighted by Gasteiger charge is 2.98. The Morgan fingerprint density at radius 3 is 2.65 bits per heavy atom. The van der Waals surface area contributed by atoms with E-state index in [0.29, 0.717) is 21.7 Å². The molecule has 6 fully saturated rings. The third kappa shape index (κ3) is 0.601. The van der Waals surface area contributed by atoms with E-state index in [2.05, 4.69) is 47.8 Å². The fourth-order valence-corrected chi connectivity index (χ4v) is 12.8. The maximum absolute atomic E-state index is 13.3. The molecule has 3 heteroatoms. The van der Waals surface area contributed by atoms with Crippen molar-refractivity contribution < 1.29 is 4.79 Å². The van der Waals surface area contributed by atoms with Gasteiger partial charge >= 0.3 is 0 Å². The van der Waals surface area contributed by atoms with E-state index in [1.807, 2.05) is 0 Å². The molecule has 0 unspecified atom stereocenters. The Hall–Kier alpha value is -0.150. The number of rotatable bonds is 0. The van der Waals surface area contributed by atoms with Crippen molar-refractivity contribution in [2.75, 3.05) is 11.5 Å². The van der Waals surface area contributed by atoms with Crippen molar-refractivity contribution in [2.24, 2.45) is 46.3 Å². The molecule has 3 spiro atoms. The topological polar surface area (TPSA) is 17.1 Å². The van der Waals surface area contributed by atoms with Gasteiger partial charge < -0.3 is 0 Å². The molecule has 0 aromatic heterocycles. The smallest absolute Gasteiger partial charge is 0.147 e. The number of fused-ring (bicyclic) bond motifs is 2. The lowest BCUT2D eigenvalue weighted by Gasteiger charge is -2.67. The molecule has 0 amide bonds. The summed E-state index contributed by atoms with van der Waals surface area (Å²) in [4.78, 5) is 13.3. The molecule has 5 saturated carbocycles. The molecule has 1 aliphatic heterocycles. The van der Waals surface area contributed by atoms with Gasteiger partial charge in [0, 0.05) is 22.8 Å². The summed E-state index contributed by atoms with van der Waals surface area (Å²) in [5.74, 6) is 7.61. The third-order valence-corrected chi connectivity index (χ3v) is 12.0. The average molecular weight is 300 g/mol. The summed E-state index contributed by atoms with van der Waals surface area (Å²) in [5.41, 5.74) is 0.146. The standard InChI is InChI=1S/C17H16OS2/c18-14-10-8-7-9-11(10)17(19-5-6-20-17)16-4-2-1-3-15(14,16)12(8)13(9)16/h1-4,8-13H,5-7H2/t8-,9+,10-,11-,12+,13-,15+,16+/m1/s1. The zero-order valence-electron chi connectivity index (χ0n) is 11.1. The Morgan fingerprint density at radius 1 is 1.00 bits per heavy atom. The molecule has 2 bridgehead atoms. The lowest BCUT2D eigenvalue weighted by molar-refractivity contribution is -0.156. The highest BCUT2D eigenvalue weighted by Crippen LogP contribution is 2.97. The third-order valence-electron chi connectivity index (χ3n) is 8.17. The van der Waals surface area contributed by atoms with E-state index in [0.717, 1.165) is 23.7 Å². The average Bonchev–Trinajstić information content (AvgIpc) is 3.14. The minimum atomic E-state index is -0.0617. The lowest BCUT2D eigenvalue weighted by Crippen LogP contribution is -2.70. The van der Waals surface area contributed by atoms with Crippen molar-refractivity contribution in [2.45, 2.75) is 10.5 Å². The first-order valence-corrected chi connectivity index (χ1v) is 9.96. The normalized spacial score (nSPS) is 67.5. The fraction of sp³-hybridized carbons (Fsp3) is 0.706. The van der Waals surface area contributed by atoms with E-state index in [4.69, 9.17) is 0 Å². The first-order chi connectivity index (χ1) is 9.80. The van der Waals surface area contributed by atoms with Crippen molar-refractivity contribution in [1.29, 1.82) is 0 Å². The Kier molecular flexibility index (Phi) is 1.38. The monoisotopic (exact) mass is 300 g/mol. The summed E-state index contributed by atoms with van der Waals surface area (Å²) < 4.78 is 0.365. The second-order valence-corrected chi connectivity index (χ2v) is 10.8. The van der Waals surface area contributed by atoms with Gasteiger partial charge in [0.15, 0.2) is 0 Å². The van der Waals surface area contributed by atoms with Gasteiger partial charge in [-0.2, -0.15) is 0 Å². The van der Waals surface area contributed by atoms with Crippen LogP contribution in [0.2, 0.25) is 0 Å². The Bertz CT molecular complexity index is 660. The van der Waals surface area contributed by atoms with Crippen molar-refractivity contribution >= 4 is 29.3 Å². The zero-order chi connectivity index (χ0) is 12.9. The molecule has 6 aliphatic carbocycles. The number of allylic oxidation sites excluding steroid dienone is 4.